The minimum Gasteiger partial charge on any atom is -0.393 e. The second kappa shape index (κ2) is 7.45. The second-order valence-electron chi connectivity index (χ2n) is 5.84. The van der Waals surface area contributed by atoms with Crippen LogP contribution in [0.2, 0.25) is 0 Å². The average molecular weight is 392 g/mol. The molecular weight excluding hydrogens is 376 g/mol. The van der Waals surface area contributed by atoms with Gasteiger partial charge >= 0.3 is 0 Å². The number of anilines is 4. The van der Waals surface area contributed by atoms with Gasteiger partial charge in [0.1, 0.15) is 17.7 Å². The van der Waals surface area contributed by atoms with Crippen molar-refractivity contribution in [3.05, 3.63) is 60.2 Å². The molecule has 3 heterocycles. The normalized spacial score (nSPS) is 10.6. The molecule has 0 aliphatic rings. The third-order valence-electron chi connectivity index (χ3n) is 3.92. The van der Waals surface area contributed by atoms with Crippen molar-refractivity contribution in [1.29, 1.82) is 0 Å². The van der Waals surface area contributed by atoms with Gasteiger partial charge in [0, 0.05) is 6.20 Å². The SMILES string of the molecule is Cc1cccc2sc(Nc3ncnc(NNC(=O)c4ccccn4)c3N)nc12. The maximum Gasteiger partial charge on any atom is 0.288 e. The third-order valence-corrected chi connectivity index (χ3v) is 4.86. The molecule has 0 spiro atoms. The molecule has 10 heteroatoms. The molecule has 140 valence electrons. The van der Waals surface area contributed by atoms with E-state index in [0.717, 1.165) is 15.8 Å². The minimum absolute atomic E-state index is 0.250. The Bertz CT molecular complexity index is 1150. The van der Waals surface area contributed by atoms with Gasteiger partial charge in [-0.2, -0.15) is 0 Å². The molecule has 28 heavy (non-hydrogen) atoms. The number of hydrazine groups is 1. The van der Waals surface area contributed by atoms with Crippen LogP contribution in [-0.4, -0.2) is 25.8 Å². The number of nitrogens with one attached hydrogen (secondary N) is 3. The Labute approximate surface area is 164 Å². The van der Waals surface area contributed by atoms with Gasteiger partial charge in [0.05, 0.1) is 10.2 Å². The van der Waals surface area contributed by atoms with Crippen LogP contribution in [0.25, 0.3) is 10.2 Å². The molecule has 0 unspecified atom stereocenters. The van der Waals surface area contributed by atoms with E-state index in [1.807, 2.05) is 25.1 Å². The zero-order chi connectivity index (χ0) is 19.5. The van der Waals surface area contributed by atoms with E-state index in [-0.39, 0.29) is 17.2 Å². The summed E-state index contributed by atoms with van der Waals surface area (Å²) in [7, 11) is 0. The van der Waals surface area contributed by atoms with E-state index < -0.39 is 5.91 Å². The Hall–Kier alpha value is -3.79. The Balaban J connectivity index is 1.51. The lowest BCUT2D eigenvalue weighted by molar-refractivity contribution is 0.0957. The summed E-state index contributed by atoms with van der Waals surface area (Å²) in [6.45, 7) is 2.01. The van der Waals surface area contributed by atoms with Gasteiger partial charge in [-0.1, -0.05) is 29.5 Å². The number of benzene rings is 1. The summed E-state index contributed by atoms with van der Waals surface area (Å²) < 4.78 is 1.07. The largest absolute Gasteiger partial charge is 0.393 e. The van der Waals surface area contributed by atoms with Gasteiger partial charge in [-0.05, 0) is 30.7 Å². The number of hydrogen-bond donors (Lipinski definition) is 4. The standard InChI is InChI=1S/C18H16N8OS/c1-10-5-4-7-12-14(10)23-18(28-12)24-15-13(19)16(22-9-21-15)25-26-17(27)11-6-2-3-8-20-11/h2-9H,19H2,1H3,(H,26,27)(H2,21,22,23,24,25). The average Bonchev–Trinajstić information content (AvgIpc) is 3.13. The lowest BCUT2D eigenvalue weighted by Crippen LogP contribution is -2.31. The fraction of sp³-hybridized carbons (Fsp3) is 0.0556. The van der Waals surface area contributed by atoms with E-state index >= 15 is 0 Å². The summed E-state index contributed by atoms with van der Waals surface area (Å²) in [6.07, 6.45) is 2.88. The molecule has 0 atom stereocenters. The van der Waals surface area contributed by atoms with Crippen molar-refractivity contribution in [2.75, 3.05) is 16.5 Å². The summed E-state index contributed by atoms with van der Waals surface area (Å²) in [6, 6.07) is 11.1. The number of aromatic nitrogens is 4. The molecule has 0 bridgehead atoms. The molecule has 0 fully saturated rings. The van der Waals surface area contributed by atoms with Gasteiger partial charge in [-0.25, -0.2) is 15.0 Å². The minimum atomic E-state index is -0.408. The maximum absolute atomic E-state index is 12.1. The topological polar surface area (TPSA) is 131 Å². The summed E-state index contributed by atoms with van der Waals surface area (Å²) in [5, 5.41) is 3.78. The number of thiazole rings is 1. The van der Waals surface area contributed by atoms with Gasteiger partial charge in [-0.3, -0.25) is 20.6 Å². The number of para-hydroxylation sites is 1. The number of pyridine rings is 1. The van der Waals surface area contributed by atoms with E-state index in [9.17, 15) is 4.79 Å². The molecule has 0 aliphatic carbocycles. The van der Waals surface area contributed by atoms with Crippen LogP contribution in [0.5, 0.6) is 0 Å². The molecule has 9 nitrogen and oxygen atoms in total. The van der Waals surface area contributed by atoms with Crippen LogP contribution in [0.4, 0.5) is 22.5 Å². The Morgan fingerprint density at radius 2 is 1.93 bits per heavy atom. The van der Waals surface area contributed by atoms with Crippen LogP contribution >= 0.6 is 11.3 Å². The molecule has 4 rings (SSSR count). The summed E-state index contributed by atoms with van der Waals surface area (Å²) >= 11 is 1.50. The lowest BCUT2D eigenvalue weighted by atomic mass is 10.2. The molecule has 1 aromatic carbocycles. The highest BCUT2D eigenvalue weighted by atomic mass is 32.1. The smallest absolute Gasteiger partial charge is 0.288 e. The van der Waals surface area contributed by atoms with Crippen molar-refractivity contribution in [3.8, 4) is 0 Å². The summed E-state index contributed by atoms with van der Waals surface area (Å²) in [5.41, 5.74) is 13.9. The first-order valence-electron chi connectivity index (χ1n) is 8.33. The monoisotopic (exact) mass is 392 g/mol. The number of fused-ring (bicyclic) bond motifs is 1. The Morgan fingerprint density at radius 3 is 2.71 bits per heavy atom. The van der Waals surface area contributed by atoms with Crippen molar-refractivity contribution >= 4 is 49.9 Å². The first-order valence-corrected chi connectivity index (χ1v) is 9.14. The van der Waals surface area contributed by atoms with Crippen LogP contribution < -0.4 is 21.9 Å². The molecule has 4 aromatic rings. The second-order valence-corrected chi connectivity index (χ2v) is 6.87. The van der Waals surface area contributed by atoms with Crippen molar-refractivity contribution in [2.45, 2.75) is 6.92 Å². The van der Waals surface area contributed by atoms with Crippen LogP contribution in [0.1, 0.15) is 16.1 Å². The molecule has 5 N–H and O–H groups in total. The first-order chi connectivity index (χ1) is 13.6. The molecule has 3 aromatic heterocycles. The predicted molar refractivity (Wildman–Crippen MR) is 109 cm³/mol. The molecule has 0 radical (unpaired) electrons. The van der Waals surface area contributed by atoms with Crippen LogP contribution in [-0.2, 0) is 0 Å². The van der Waals surface area contributed by atoms with E-state index in [0.29, 0.717) is 10.9 Å². The highest BCUT2D eigenvalue weighted by Gasteiger charge is 2.13. The first kappa shape index (κ1) is 17.6. The third kappa shape index (κ3) is 3.53. The molecular formula is C18H16N8OS. The van der Waals surface area contributed by atoms with Gasteiger partial charge in [0.25, 0.3) is 5.91 Å². The fourth-order valence-corrected chi connectivity index (χ4v) is 3.46. The van der Waals surface area contributed by atoms with Crippen molar-refractivity contribution in [1.82, 2.24) is 25.4 Å². The number of carbonyl (C=O) groups is 1. The zero-order valence-corrected chi connectivity index (χ0v) is 15.6. The number of rotatable bonds is 5. The van der Waals surface area contributed by atoms with Crippen molar-refractivity contribution in [3.63, 3.8) is 0 Å². The summed E-state index contributed by atoms with van der Waals surface area (Å²) in [5.74, 6) is 0.245. The fourth-order valence-electron chi connectivity index (χ4n) is 2.51. The Kier molecular flexibility index (Phi) is 4.68. The van der Waals surface area contributed by atoms with E-state index in [1.54, 1.807) is 18.2 Å². The van der Waals surface area contributed by atoms with Gasteiger partial charge < -0.3 is 11.1 Å². The van der Waals surface area contributed by atoms with Gasteiger partial charge in [0.15, 0.2) is 16.8 Å². The van der Waals surface area contributed by atoms with Gasteiger partial charge in [0.2, 0.25) is 0 Å². The summed E-state index contributed by atoms with van der Waals surface area (Å²) in [4.78, 5) is 28.9. The quantitative estimate of drug-likeness (QED) is 0.381. The molecule has 0 saturated heterocycles. The number of aryl methyl sites for hydroxylation is 1. The van der Waals surface area contributed by atoms with Crippen LogP contribution in [0.15, 0.2) is 48.9 Å². The highest BCUT2D eigenvalue weighted by Crippen LogP contribution is 2.32. The molecule has 1 amide bonds. The molecule has 0 saturated carbocycles. The van der Waals surface area contributed by atoms with Crippen LogP contribution in [0, 0.1) is 6.92 Å². The Morgan fingerprint density at radius 1 is 1.07 bits per heavy atom. The van der Waals surface area contributed by atoms with Gasteiger partial charge in [-0.15, -0.1) is 0 Å². The van der Waals surface area contributed by atoms with Crippen molar-refractivity contribution in [2.24, 2.45) is 0 Å². The van der Waals surface area contributed by atoms with E-state index in [1.165, 1.54) is 23.9 Å². The number of nitrogens with two attached hydrogens (primary N) is 1. The molecule has 0 aliphatic heterocycles. The zero-order valence-electron chi connectivity index (χ0n) is 14.8. The number of nitrogen functional groups attached to an aromatic ring is 1. The lowest BCUT2D eigenvalue weighted by Gasteiger charge is -2.11. The van der Waals surface area contributed by atoms with Crippen LogP contribution in [0.3, 0.4) is 0 Å². The highest BCUT2D eigenvalue weighted by molar-refractivity contribution is 7.22. The number of hydrogen-bond acceptors (Lipinski definition) is 9. The maximum atomic E-state index is 12.1. The number of amides is 1. The van der Waals surface area contributed by atoms with Crippen molar-refractivity contribution < 1.29 is 4.79 Å². The van der Waals surface area contributed by atoms with E-state index in [4.69, 9.17) is 5.73 Å². The van der Waals surface area contributed by atoms with E-state index in [2.05, 4.69) is 36.1 Å². The predicted octanol–water partition coefficient (Wildman–Crippen LogP) is 2.87. The number of nitrogens with zero attached hydrogens (tertiary/aromatic N) is 4. The number of carbonyl (C=O) groups excluding carboxylic acids is 1.